The lowest BCUT2D eigenvalue weighted by molar-refractivity contribution is 0.114. The summed E-state index contributed by atoms with van der Waals surface area (Å²) in [7, 11) is 3.24. The second kappa shape index (κ2) is 8.89. The van der Waals surface area contributed by atoms with Crippen LogP contribution in [0.25, 0.3) is 0 Å². The van der Waals surface area contributed by atoms with Crippen LogP contribution in [0.5, 0.6) is 0 Å². The molecule has 0 amide bonds. The molecule has 0 aromatic carbocycles. The Morgan fingerprint density at radius 1 is 0.692 bits per heavy atom. The molecule has 3 rings (SSSR count). The van der Waals surface area contributed by atoms with Gasteiger partial charge in [0.2, 0.25) is 0 Å². The van der Waals surface area contributed by atoms with Gasteiger partial charge in [-0.15, -0.1) is 0 Å². The van der Waals surface area contributed by atoms with Crippen molar-refractivity contribution in [1.82, 2.24) is 15.0 Å². The summed E-state index contributed by atoms with van der Waals surface area (Å²) in [6.45, 7) is 0. The summed E-state index contributed by atoms with van der Waals surface area (Å²) in [6, 6.07) is 17.0. The summed E-state index contributed by atoms with van der Waals surface area (Å²) >= 11 is 0. The van der Waals surface area contributed by atoms with Crippen LogP contribution in [-0.4, -0.2) is 29.2 Å². The SMILES string of the molecule is COC(Nc1ccccn1)c1cccc(C(Nc2ccccn2)OC)n1. The molecule has 0 aliphatic carbocycles. The van der Waals surface area contributed by atoms with Crippen molar-refractivity contribution in [3.8, 4) is 0 Å². The highest BCUT2D eigenvalue weighted by molar-refractivity contribution is 5.37. The summed E-state index contributed by atoms with van der Waals surface area (Å²) in [5.74, 6) is 1.42. The number of aromatic nitrogens is 3. The van der Waals surface area contributed by atoms with E-state index in [2.05, 4.69) is 25.6 Å². The molecule has 0 saturated heterocycles. The smallest absolute Gasteiger partial charge is 0.171 e. The molecule has 26 heavy (non-hydrogen) atoms. The lowest BCUT2D eigenvalue weighted by atomic mass is 10.2. The van der Waals surface area contributed by atoms with Gasteiger partial charge >= 0.3 is 0 Å². The van der Waals surface area contributed by atoms with Crippen molar-refractivity contribution in [3.05, 3.63) is 78.4 Å². The van der Waals surface area contributed by atoms with E-state index in [1.165, 1.54) is 0 Å². The van der Waals surface area contributed by atoms with E-state index in [4.69, 9.17) is 9.47 Å². The number of nitrogens with one attached hydrogen (secondary N) is 2. The van der Waals surface area contributed by atoms with Gasteiger partial charge in [-0.05, 0) is 36.4 Å². The average molecular weight is 351 g/mol. The van der Waals surface area contributed by atoms with Gasteiger partial charge in [-0.3, -0.25) is 0 Å². The topological polar surface area (TPSA) is 81.2 Å². The van der Waals surface area contributed by atoms with Crippen LogP contribution in [0.4, 0.5) is 11.6 Å². The highest BCUT2D eigenvalue weighted by Gasteiger charge is 2.17. The van der Waals surface area contributed by atoms with E-state index in [0.717, 1.165) is 11.4 Å². The Hall–Kier alpha value is -3.03. The first-order valence-corrected chi connectivity index (χ1v) is 8.17. The van der Waals surface area contributed by atoms with Crippen LogP contribution in [-0.2, 0) is 9.47 Å². The van der Waals surface area contributed by atoms with E-state index in [1.54, 1.807) is 26.6 Å². The van der Waals surface area contributed by atoms with E-state index in [1.807, 2.05) is 54.6 Å². The first kappa shape index (κ1) is 17.8. The van der Waals surface area contributed by atoms with Crippen molar-refractivity contribution >= 4 is 11.6 Å². The molecule has 3 aromatic rings. The van der Waals surface area contributed by atoms with Gasteiger partial charge in [0, 0.05) is 26.6 Å². The third kappa shape index (κ3) is 4.53. The van der Waals surface area contributed by atoms with Crippen LogP contribution in [0.2, 0.25) is 0 Å². The number of hydrogen-bond acceptors (Lipinski definition) is 7. The van der Waals surface area contributed by atoms with Crippen LogP contribution in [0, 0.1) is 0 Å². The Morgan fingerprint density at radius 2 is 1.19 bits per heavy atom. The van der Waals surface area contributed by atoms with Crippen molar-refractivity contribution in [2.45, 2.75) is 12.5 Å². The Bertz CT molecular complexity index is 737. The van der Waals surface area contributed by atoms with Crippen molar-refractivity contribution in [3.63, 3.8) is 0 Å². The first-order chi connectivity index (χ1) is 12.8. The van der Waals surface area contributed by atoms with Crippen molar-refractivity contribution in [2.24, 2.45) is 0 Å². The molecule has 3 aromatic heterocycles. The molecular weight excluding hydrogens is 330 g/mol. The number of nitrogens with zero attached hydrogens (tertiary/aromatic N) is 3. The van der Waals surface area contributed by atoms with E-state index < -0.39 is 12.5 Å². The Labute approximate surface area is 152 Å². The van der Waals surface area contributed by atoms with Crippen LogP contribution in [0.15, 0.2) is 67.0 Å². The molecular formula is C19H21N5O2. The van der Waals surface area contributed by atoms with Crippen LogP contribution < -0.4 is 10.6 Å². The number of rotatable bonds is 8. The first-order valence-electron chi connectivity index (χ1n) is 8.17. The molecule has 3 heterocycles. The van der Waals surface area contributed by atoms with E-state index in [9.17, 15) is 0 Å². The minimum absolute atomic E-state index is 0.433. The maximum absolute atomic E-state index is 5.54. The van der Waals surface area contributed by atoms with E-state index in [-0.39, 0.29) is 0 Å². The summed E-state index contributed by atoms with van der Waals surface area (Å²) < 4.78 is 11.1. The molecule has 0 spiro atoms. The average Bonchev–Trinajstić information content (AvgIpc) is 2.72. The molecule has 134 valence electrons. The minimum atomic E-state index is -0.433. The number of pyridine rings is 3. The van der Waals surface area contributed by atoms with Gasteiger partial charge in [-0.1, -0.05) is 18.2 Å². The Balaban J connectivity index is 1.79. The van der Waals surface area contributed by atoms with E-state index in [0.29, 0.717) is 11.6 Å². The molecule has 2 unspecified atom stereocenters. The zero-order valence-corrected chi connectivity index (χ0v) is 14.7. The van der Waals surface area contributed by atoms with E-state index >= 15 is 0 Å². The highest BCUT2D eigenvalue weighted by atomic mass is 16.5. The molecule has 0 bridgehead atoms. The second-order valence-electron chi connectivity index (χ2n) is 5.44. The third-order valence-corrected chi connectivity index (χ3v) is 3.69. The Kier molecular flexibility index (Phi) is 6.08. The lowest BCUT2D eigenvalue weighted by Gasteiger charge is -2.21. The molecule has 7 heteroatoms. The van der Waals surface area contributed by atoms with Gasteiger partial charge in [-0.2, -0.15) is 0 Å². The van der Waals surface area contributed by atoms with Gasteiger partial charge in [0.25, 0.3) is 0 Å². The van der Waals surface area contributed by atoms with Crippen LogP contribution >= 0.6 is 0 Å². The lowest BCUT2D eigenvalue weighted by Crippen LogP contribution is -2.19. The van der Waals surface area contributed by atoms with Gasteiger partial charge < -0.3 is 20.1 Å². The normalized spacial score (nSPS) is 13.0. The van der Waals surface area contributed by atoms with Gasteiger partial charge in [0.1, 0.15) is 11.6 Å². The van der Waals surface area contributed by atoms with Gasteiger partial charge in [-0.25, -0.2) is 15.0 Å². The number of methoxy groups -OCH3 is 2. The van der Waals surface area contributed by atoms with Gasteiger partial charge in [0.15, 0.2) is 12.5 Å². The highest BCUT2D eigenvalue weighted by Crippen LogP contribution is 2.21. The fourth-order valence-corrected chi connectivity index (χ4v) is 2.43. The number of anilines is 2. The standard InChI is InChI=1S/C19H21N5O2/c1-25-18(23-16-10-3-5-12-20-16)14-8-7-9-15(22-14)19(26-2)24-17-11-4-6-13-21-17/h3-13,18-19H,1-2H3,(H,20,23)(H,21,24). The molecule has 2 N–H and O–H groups in total. The maximum atomic E-state index is 5.54. The van der Waals surface area contributed by atoms with Crippen molar-refractivity contribution in [1.29, 1.82) is 0 Å². The monoisotopic (exact) mass is 351 g/mol. The largest absolute Gasteiger partial charge is 0.356 e. The van der Waals surface area contributed by atoms with Crippen molar-refractivity contribution in [2.75, 3.05) is 24.9 Å². The molecule has 0 saturated carbocycles. The molecule has 0 radical (unpaired) electrons. The number of ether oxygens (including phenoxy) is 2. The number of hydrogen-bond donors (Lipinski definition) is 2. The van der Waals surface area contributed by atoms with Crippen molar-refractivity contribution < 1.29 is 9.47 Å². The predicted octanol–water partition coefficient (Wildman–Crippen LogP) is 3.39. The third-order valence-electron chi connectivity index (χ3n) is 3.69. The second-order valence-corrected chi connectivity index (χ2v) is 5.44. The van der Waals surface area contributed by atoms with Crippen LogP contribution in [0.3, 0.4) is 0 Å². The molecule has 0 fully saturated rings. The van der Waals surface area contributed by atoms with Gasteiger partial charge in [0.05, 0.1) is 11.4 Å². The molecule has 0 aliphatic heterocycles. The fraction of sp³-hybridized carbons (Fsp3) is 0.211. The fourth-order valence-electron chi connectivity index (χ4n) is 2.43. The predicted molar refractivity (Wildman–Crippen MR) is 99.5 cm³/mol. The summed E-state index contributed by atoms with van der Waals surface area (Å²) in [6.07, 6.45) is 2.57. The molecule has 2 atom stereocenters. The molecule has 0 aliphatic rings. The zero-order chi connectivity index (χ0) is 18.2. The quantitative estimate of drug-likeness (QED) is 0.602. The summed E-state index contributed by atoms with van der Waals surface area (Å²) in [5, 5.41) is 6.42. The summed E-state index contributed by atoms with van der Waals surface area (Å²) in [5.41, 5.74) is 1.45. The summed E-state index contributed by atoms with van der Waals surface area (Å²) in [4.78, 5) is 13.2. The maximum Gasteiger partial charge on any atom is 0.171 e. The zero-order valence-electron chi connectivity index (χ0n) is 14.7. The van der Waals surface area contributed by atoms with Crippen LogP contribution in [0.1, 0.15) is 23.8 Å². The minimum Gasteiger partial charge on any atom is -0.356 e. The molecule has 7 nitrogen and oxygen atoms in total. The Morgan fingerprint density at radius 3 is 1.58 bits per heavy atom.